The average molecular weight is 1060 g/mol. The second kappa shape index (κ2) is 18.6. The van der Waals surface area contributed by atoms with Gasteiger partial charge in [-0.2, -0.15) is 0 Å². The molecule has 3 spiro atoms. The summed E-state index contributed by atoms with van der Waals surface area (Å²) in [5.74, 6) is 11.4. The van der Waals surface area contributed by atoms with E-state index in [0.717, 1.165) is 86.3 Å². The molecule has 0 radical (unpaired) electrons. The summed E-state index contributed by atoms with van der Waals surface area (Å²) >= 11 is 0. The van der Waals surface area contributed by atoms with Crippen molar-refractivity contribution in [3.63, 3.8) is 0 Å². The largest absolute Gasteiger partial charge is 0.454 e. The highest BCUT2D eigenvalue weighted by Crippen LogP contribution is 2.81. The van der Waals surface area contributed by atoms with Crippen molar-refractivity contribution < 1.29 is 45.0 Å². The van der Waals surface area contributed by atoms with E-state index in [1.54, 1.807) is 6.08 Å². The first kappa shape index (κ1) is 52.2. The fourth-order valence-electron chi connectivity index (χ4n) is 22.8. The number of aldehydes is 1. The van der Waals surface area contributed by atoms with Crippen molar-refractivity contribution in [2.45, 2.75) is 196 Å². The predicted molar refractivity (Wildman–Crippen MR) is 294 cm³/mol. The Bertz CT molecular complexity index is 2890. The lowest BCUT2D eigenvalue weighted by Gasteiger charge is -2.75. The summed E-state index contributed by atoms with van der Waals surface area (Å²) in [5.41, 5.74) is -5.91. The molecule has 2 aromatic carbocycles. The van der Waals surface area contributed by atoms with Gasteiger partial charge in [-0.1, -0.05) is 106 Å². The third-order valence-corrected chi connectivity index (χ3v) is 25.9. The van der Waals surface area contributed by atoms with Crippen molar-refractivity contribution in [2.24, 2.45) is 92.7 Å². The van der Waals surface area contributed by atoms with Gasteiger partial charge >= 0.3 is 5.97 Å². The molecule has 1 aliphatic heterocycles. The summed E-state index contributed by atoms with van der Waals surface area (Å²) in [5, 5.41) is 87.7. The predicted octanol–water partition coefficient (Wildman–Crippen LogP) is 8.18. The van der Waals surface area contributed by atoms with E-state index in [1.165, 1.54) is 18.4 Å². The normalized spacial score (nSPS) is 47.6. The van der Waals surface area contributed by atoms with Crippen molar-refractivity contribution >= 4 is 12.3 Å². The second-order valence-electron chi connectivity index (χ2n) is 28.7. The molecule has 7 N–H and O–H groups in total. The number of hydrogen-bond donors (Lipinski definition) is 7. The van der Waals surface area contributed by atoms with E-state index in [9.17, 15) is 25.2 Å². The first-order valence-corrected chi connectivity index (χ1v) is 31.0. The van der Waals surface area contributed by atoms with Gasteiger partial charge in [-0.3, -0.25) is 0 Å². The summed E-state index contributed by atoms with van der Waals surface area (Å²) in [4.78, 5) is 29.8. The number of carbonyl (C=O) groups excluding carboxylic acids is 2. The maximum atomic E-state index is 15.6. The van der Waals surface area contributed by atoms with Crippen LogP contribution in [0, 0.1) is 116 Å². The van der Waals surface area contributed by atoms with Crippen LogP contribution in [0.4, 0.5) is 0 Å². The highest BCUT2D eigenvalue weighted by molar-refractivity contribution is 5.86. The van der Waals surface area contributed by atoms with Crippen LogP contribution in [0.15, 0.2) is 60.2 Å². The van der Waals surface area contributed by atoms with Crippen LogP contribution >= 0.6 is 0 Å². The Morgan fingerprint density at radius 2 is 1.63 bits per heavy atom. The summed E-state index contributed by atoms with van der Waals surface area (Å²) in [6.07, 6.45) is 14.7. The molecule has 21 unspecified atom stereocenters. The number of carbonyl (C=O) groups is 2. The van der Waals surface area contributed by atoms with Gasteiger partial charge in [-0.25, -0.2) is 4.79 Å². The number of hydrogen-bond acceptors (Lipinski definition) is 10. The minimum atomic E-state index is -2.36. The Balaban J connectivity index is 1.03. The van der Waals surface area contributed by atoms with Crippen LogP contribution in [-0.4, -0.2) is 91.1 Å². The van der Waals surface area contributed by atoms with Crippen molar-refractivity contribution in [3.8, 4) is 23.7 Å². The van der Waals surface area contributed by atoms with Crippen molar-refractivity contribution in [1.29, 1.82) is 0 Å². The third kappa shape index (κ3) is 7.02. The Kier molecular flexibility index (Phi) is 12.5. The van der Waals surface area contributed by atoms with Crippen LogP contribution in [0.3, 0.4) is 0 Å². The van der Waals surface area contributed by atoms with Gasteiger partial charge in [0.25, 0.3) is 0 Å². The minimum Gasteiger partial charge on any atom is -0.454 e. The number of benzene rings is 2. The van der Waals surface area contributed by atoms with E-state index in [-0.39, 0.29) is 67.4 Å². The van der Waals surface area contributed by atoms with E-state index in [4.69, 9.17) is 4.74 Å². The highest BCUT2D eigenvalue weighted by atomic mass is 16.5. The SMILES string of the molecule is CNC1Cc2c(cccc2CO)C#CC2(CCCC2)CC23CC4C#CCC(Cc5ccccc5)C5CCC6(C5)CC5(C=O)C4C(O)(C(O)C4CC(C(C)C7CCCC7)CCC(C6O)C45O)C2(O)CC2CC1C1OC(=O)C=C1C23. The zero-order valence-electron chi connectivity index (χ0n) is 46.2. The standard InChI is InChI=1S/C68H85NO9/c1-40(42-14-6-7-15-42)44-20-21-53-60(73)63-27-23-46(33-63)45(28-41-12-4-3-5-13-41)17-11-18-47-34-64-37-62(24-8-9-25-62)26-22-43-16-10-19-48(36-70)50(43)31-55(69-2)51-29-49(57(64)52-32-56(72)78-58(51)52)35-66(64,75)68(77)59(47)65(38-63,39-71)67(53,76)54(30-44)61(68)74/h3-5,10,12-13,16,19,32,39-40,42,44-47,49,51,53-55,57-61,69-70,73-77H,6-9,14-15,17,20-21,23-25,27-31,33-38H2,1-2H3. The molecule has 78 heavy (non-hydrogen) atoms. The number of fused-ring (bicyclic) bond motifs is 3. The summed E-state index contributed by atoms with van der Waals surface area (Å²) < 4.78 is 6.52. The molecule has 416 valence electrons. The van der Waals surface area contributed by atoms with E-state index >= 15 is 15.0 Å². The molecule has 21 atom stereocenters. The first-order valence-electron chi connectivity index (χ1n) is 31.0. The van der Waals surface area contributed by atoms with Gasteiger partial charge in [0, 0.05) is 64.5 Å². The van der Waals surface area contributed by atoms with E-state index in [2.05, 4.69) is 60.2 Å². The topological polar surface area (TPSA) is 177 Å². The quantitative estimate of drug-likeness (QED) is 0.0814. The number of ether oxygens (including phenoxy) is 1. The van der Waals surface area contributed by atoms with Gasteiger partial charge in [-0.15, -0.1) is 5.92 Å². The number of aliphatic hydroxyl groups excluding tert-OH is 3. The molecule has 10 nitrogen and oxygen atoms in total. The molecule has 1 heterocycles. The lowest BCUT2D eigenvalue weighted by atomic mass is 9.31. The van der Waals surface area contributed by atoms with Crippen LogP contribution in [-0.2, 0) is 33.8 Å². The van der Waals surface area contributed by atoms with Crippen LogP contribution in [0.1, 0.15) is 158 Å². The Morgan fingerprint density at radius 3 is 2.38 bits per heavy atom. The van der Waals surface area contributed by atoms with Crippen LogP contribution in [0.5, 0.6) is 0 Å². The average Bonchev–Trinajstić information content (AvgIpc) is 1.44. The summed E-state index contributed by atoms with van der Waals surface area (Å²) in [6.45, 7) is 2.20. The molecular formula is C68H85NO9. The van der Waals surface area contributed by atoms with E-state index in [0.29, 0.717) is 57.3 Å². The van der Waals surface area contributed by atoms with Gasteiger partial charge in [-0.05, 0) is 179 Å². The van der Waals surface area contributed by atoms with Gasteiger partial charge in [0.2, 0.25) is 0 Å². The fourth-order valence-corrected chi connectivity index (χ4v) is 22.8. The zero-order chi connectivity index (χ0) is 53.8. The maximum Gasteiger partial charge on any atom is 0.331 e. The molecule has 9 saturated carbocycles. The Morgan fingerprint density at radius 1 is 0.833 bits per heavy atom. The molecular weight excluding hydrogens is 975 g/mol. The monoisotopic (exact) mass is 1060 g/mol. The first-order chi connectivity index (χ1) is 37.6. The van der Waals surface area contributed by atoms with Crippen LogP contribution in [0.2, 0.25) is 0 Å². The molecule has 10 heteroatoms. The number of esters is 1. The number of aliphatic hydroxyl groups is 6. The Hall–Kier alpha value is -3.84. The number of nitrogens with one attached hydrogen (secondary N) is 1. The molecule has 13 aliphatic rings. The van der Waals surface area contributed by atoms with Crippen molar-refractivity contribution in [1.82, 2.24) is 5.32 Å². The van der Waals surface area contributed by atoms with Crippen LogP contribution < -0.4 is 5.32 Å². The molecule has 12 aliphatic carbocycles. The third-order valence-electron chi connectivity index (χ3n) is 25.9. The van der Waals surface area contributed by atoms with E-state index < -0.39 is 92.3 Å². The van der Waals surface area contributed by atoms with Crippen molar-refractivity contribution in [3.05, 3.63) is 82.4 Å². The zero-order valence-corrected chi connectivity index (χ0v) is 46.2. The van der Waals surface area contributed by atoms with Gasteiger partial charge in [0.15, 0.2) is 0 Å². The summed E-state index contributed by atoms with van der Waals surface area (Å²) in [6, 6.07) is 16.4. The fraction of sp³-hybridized carbons (Fsp3) is 0.706. The van der Waals surface area contributed by atoms with Crippen LogP contribution in [0.25, 0.3) is 0 Å². The molecule has 0 aromatic heterocycles. The molecule has 0 amide bonds. The van der Waals surface area contributed by atoms with Crippen molar-refractivity contribution in [2.75, 3.05) is 7.05 Å². The minimum absolute atomic E-state index is 0.0498. The van der Waals surface area contributed by atoms with E-state index in [1.807, 2.05) is 31.3 Å². The molecule has 0 saturated heterocycles. The van der Waals surface area contributed by atoms with Gasteiger partial charge in [0.1, 0.15) is 23.6 Å². The molecule has 9 fully saturated rings. The highest BCUT2D eigenvalue weighted by Gasteiger charge is 2.88. The molecule has 2 aromatic rings. The summed E-state index contributed by atoms with van der Waals surface area (Å²) in [7, 11) is 1.94. The van der Waals surface area contributed by atoms with Gasteiger partial charge < -0.3 is 45.5 Å². The second-order valence-corrected chi connectivity index (χ2v) is 28.7. The number of likely N-dealkylation sites (N-methyl/N-ethyl adjacent to an activating group) is 1. The Labute approximate surface area is 462 Å². The van der Waals surface area contributed by atoms with Gasteiger partial charge in [0.05, 0.1) is 29.8 Å². The smallest absolute Gasteiger partial charge is 0.331 e. The lowest BCUT2D eigenvalue weighted by molar-refractivity contribution is -0.391. The molecule has 7 bridgehead atoms. The number of rotatable bonds is 7. The maximum absolute atomic E-state index is 15.6. The molecule has 15 rings (SSSR count). The lowest BCUT2D eigenvalue weighted by Crippen LogP contribution is -2.87.